The third kappa shape index (κ3) is 1.22. The molecular formula is C10H6N4O3. The number of aromatic nitrogens is 3. The monoisotopic (exact) mass is 230 g/mol. The molecule has 0 bridgehead atoms. The van der Waals surface area contributed by atoms with E-state index in [2.05, 4.69) is 15.0 Å². The largest absolute Gasteiger partial charge is 0.348 e. The van der Waals surface area contributed by atoms with E-state index in [1.165, 1.54) is 12.4 Å². The number of benzene rings is 1. The predicted octanol–water partition coefficient (Wildman–Crippen LogP) is 1.31. The molecule has 0 saturated carbocycles. The number of nitro groups is 1. The van der Waals surface area contributed by atoms with E-state index in [4.69, 9.17) is 0 Å². The highest BCUT2D eigenvalue weighted by Crippen LogP contribution is 2.29. The summed E-state index contributed by atoms with van der Waals surface area (Å²) in [4.78, 5) is 31.2. The molecule has 0 saturated heterocycles. The van der Waals surface area contributed by atoms with E-state index in [0.717, 1.165) is 0 Å². The van der Waals surface area contributed by atoms with E-state index in [0.29, 0.717) is 16.4 Å². The summed E-state index contributed by atoms with van der Waals surface area (Å²) < 4.78 is 0. The summed E-state index contributed by atoms with van der Waals surface area (Å²) in [5, 5.41) is 11.3. The number of hydrogen-bond acceptors (Lipinski definition) is 4. The van der Waals surface area contributed by atoms with Gasteiger partial charge in [0.05, 0.1) is 16.8 Å². The van der Waals surface area contributed by atoms with Gasteiger partial charge in [-0.2, -0.15) is 0 Å². The summed E-state index contributed by atoms with van der Waals surface area (Å²) >= 11 is 0. The Hall–Kier alpha value is -2.70. The van der Waals surface area contributed by atoms with Crippen LogP contribution >= 0.6 is 0 Å². The maximum Gasteiger partial charge on any atom is 0.280 e. The van der Waals surface area contributed by atoms with Crippen molar-refractivity contribution in [2.24, 2.45) is 0 Å². The number of aromatic amines is 2. The summed E-state index contributed by atoms with van der Waals surface area (Å²) in [6.07, 6.45) is 1.23. The van der Waals surface area contributed by atoms with Crippen molar-refractivity contribution in [3.05, 3.63) is 45.0 Å². The van der Waals surface area contributed by atoms with Crippen molar-refractivity contribution in [1.82, 2.24) is 15.0 Å². The predicted molar refractivity (Wildman–Crippen MR) is 60.9 cm³/mol. The van der Waals surface area contributed by atoms with Crippen molar-refractivity contribution in [1.29, 1.82) is 0 Å². The first-order valence-electron chi connectivity index (χ1n) is 4.81. The van der Waals surface area contributed by atoms with Gasteiger partial charge in [0, 0.05) is 6.07 Å². The van der Waals surface area contributed by atoms with E-state index < -0.39 is 4.92 Å². The number of nitrogens with one attached hydrogen (secondary N) is 2. The first-order valence-corrected chi connectivity index (χ1v) is 4.81. The second kappa shape index (κ2) is 3.14. The average Bonchev–Trinajstić information content (AvgIpc) is 2.69. The highest BCUT2D eigenvalue weighted by Gasteiger charge is 2.18. The molecule has 2 aromatic heterocycles. The molecule has 0 unspecified atom stereocenters. The van der Waals surface area contributed by atoms with E-state index in [9.17, 15) is 14.9 Å². The zero-order valence-electron chi connectivity index (χ0n) is 8.43. The van der Waals surface area contributed by atoms with Gasteiger partial charge >= 0.3 is 0 Å². The van der Waals surface area contributed by atoms with Crippen LogP contribution < -0.4 is 5.56 Å². The van der Waals surface area contributed by atoms with Crippen molar-refractivity contribution in [2.45, 2.75) is 0 Å². The van der Waals surface area contributed by atoms with Crippen LogP contribution in [0.3, 0.4) is 0 Å². The Bertz CT molecular complexity index is 802. The molecule has 2 heterocycles. The van der Waals surface area contributed by atoms with Gasteiger partial charge in [-0.15, -0.1) is 0 Å². The minimum Gasteiger partial charge on any atom is -0.348 e. The second-order valence-electron chi connectivity index (χ2n) is 3.54. The van der Waals surface area contributed by atoms with Crippen LogP contribution in [-0.4, -0.2) is 19.9 Å². The minimum atomic E-state index is -0.488. The van der Waals surface area contributed by atoms with Crippen LogP contribution in [0.5, 0.6) is 0 Å². The van der Waals surface area contributed by atoms with Crippen molar-refractivity contribution < 1.29 is 4.92 Å². The molecule has 3 rings (SSSR count). The molecule has 0 radical (unpaired) electrons. The van der Waals surface area contributed by atoms with Crippen LogP contribution in [0.1, 0.15) is 0 Å². The Morgan fingerprint density at radius 2 is 2.18 bits per heavy atom. The minimum absolute atomic E-state index is 0.0631. The van der Waals surface area contributed by atoms with Gasteiger partial charge in [-0.1, -0.05) is 6.07 Å². The lowest BCUT2D eigenvalue weighted by Crippen LogP contribution is -2.05. The van der Waals surface area contributed by atoms with Gasteiger partial charge in [0.1, 0.15) is 16.4 Å². The Balaban J connectivity index is 2.63. The van der Waals surface area contributed by atoms with Gasteiger partial charge in [0.2, 0.25) is 0 Å². The first-order chi connectivity index (χ1) is 8.18. The SMILES string of the molecule is O=c1[nH]cnc2c1[nH]c1cccc([N+](=O)[O-])c12. The zero-order valence-corrected chi connectivity index (χ0v) is 8.43. The third-order valence-electron chi connectivity index (χ3n) is 2.59. The topological polar surface area (TPSA) is 105 Å². The van der Waals surface area contributed by atoms with Gasteiger partial charge in [0.25, 0.3) is 11.2 Å². The van der Waals surface area contributed by atoms with E-state index >= 15 is 0 Å². The fourth-order valence-electron chi connectivity index (χ4n) is 1.89. The lowest BCUT2D eigenvalue weighted by Gasteiger charge is -1.93. The van der Waals surface area contributed by atoms with Gasteiger partial charge in [0.15, 0.2) is 0 Å². The summed E-state index contributed by atoms with van der Waals surface area (Å²) in [6.45, 7) is 0. The number of nitro benzene ring substituents is 1. The molecule has 17 heavy (non-hydrogen) atoms. The Morgan fingerprint density at radius 1 is 1.35 bits per heavy atom. The molecule has 1 aromatic carbocycles. The highest BCUT2D eigenvalue weighted by molar-refractivity contribution is 6.09. The summed E-state index contributed by atoms with van der Waals surface area (Å²) in [5.74, 6) is 0. The average molecular weight is 230 g/mol. The lowest BCUT2D eigenvalue weighted by atomic mass is 10.2. The Labute approximate surface area is 93.3 Å². The quantitative estimate of drug-likeness (QED) is 0.485. The summed E-state index contributed by atoms with van der Waals surface area (Å²) in [7, 11) is 0. The normalized spacial score (nSPS) is 11.1. The molecule has 3 aromatic rings. The molecule has 2 N–H and O–H groups in total. The molecule has 0 aliphatic carbocycles. The first kappa shape index (κ1) is 9.52. The molecule has 0 spiro atoms. The van der Waals surface area contributed by atoms with Crippen LogP contribution in [0.4, 0.5) is 5.69 Å². The van der Waals surface area contributed by atoms with E-state index in [-0.39, 0.29) is 16.8 Å². The van der Waals surface area contributed by atoms with Gasteiger partial charge in [-0.05, 0) is 6.07 Å². The lowest BCUT2D eigenvalue weighted by molar-refractivity contribution is -0.383. The summed E-state index contributed by atoms with van der Waals surface area (Å²) in [6, 6.07) is 4.62. The maximum atomic E-state index is 11.5. The molecular weight excluding hydrogens is 224 g/mol. The third-order valence-corrected chi connectivity index (χ3v) is 2.59. The smallest absolute Gasteiger partial charge is 0.280 e. The number of H-pyrrole nitrogens is 2. The van der Waals surface area contributed by atoms with Crippen molar-refractivity contribution >= 4 is 27.6 Å². The molecule has 7 heteroatoms. The number of hydrogen-bond donors (Lipinski definition) is 2. The van der Waals surface area contributed by atoms with Crippen LogP contribution in [0.25, 0.3) is 21.9 Å². The number of rotatable bonds is 1. The van der Waals surface area contributed by atoms with Gasteiger partial charge < -0.3 is 9.97 Å². The Kier molecular flexibility index (Phi) is 1.76. The van der Waals surface area contributed by atoms with Crippen LogP contribution in [0.15, 0.2) is 29.3 Å². The zero-order chi connectivity index (χ0) is 12.0. The van der Waals surface area contributed by atoms with Crippen LogP contribution in [0, 0.1) is 10.1 Å². The molecule has 0 atom stereocenters. The maximum absolute atomic E-state index is 11.5. The second-order valence-corrected chi connectivity index (χ2v) is 3.54. The highest BCUT2D eigenvalue weighted by atomic mass is 16.6. The number of fused-ring (bicyclic) bond motifs is 3. The van der Waals surface area contributed by atoms with Crippen LogP contribution in [-0.2, 0) is 0 Å². The van der Waals surface area contributed by atoms with Crippen molar-refractivity contribution in [2.75, 3.05) is 0 Å². The van der Waals surface area contributed by atoms with E-state index in [1.54, 1.807) is 12.1 Å². The fourth-order valence-corrected chi connectivity index (χ4v) is 1.89. The number of non-ortho nitro benzene ring substituents is 1. The molecule has 7 nitrogen and oxygen atoms in total. The van der Waals surface area contributed by atoms with Gasteiger partial charge in [-0.25, -0.2) is 4.98 Å². The van der Waals surface area contributed by atoms with Crippen molar-refractivity contribution in [3.8, 4) is 0 Å². The van der Waals surface area contributed by atoms with Crippen LogP contribution in [0.2, 0.25) is 0 Å². The van der Waals surface area contributed by atoms with Crippen molar-refractivity contribution in [3.63, 3.8) is 0 Å². The fraction of sp³-hybridized carbons (Fsp3) is 0. The molecule has 0 aliphatic heterocycles. The standard InChI is InChI=1S/C10H6N4O3/c15-10-9-8(11-4-12-10)7-5(13-9)2-1-3-6(7)14(16)17/h1-4,13H,(H,11,12,15). The van der Waals surface area contributed by atoms with Gasteiger partial charge in [-0.3, -0.25) is 14.9 Å². The Morgan fingerprint density at radius 3 is 2.94 bits per heavy atom. The molecule has 0 amide bonds. The number of nitrogens with zero attached hydrogens (tertiary/aromatic N) is 2. The molecule has 0 aliphatic rings. The molecule has 0 fully saturated rings. The summed E-state index contributed by atoms with van der Waals surface area (Å²) in [5.41, 5.74) is 0.679. The van der Waals surface area contributed by atoms with E-state index in [1.807, 2.05) is 0 Å². The molecule has 84 valence electrons.